The van der Waals surface area contributed by atoms with Crippen molar-refractivity contribution >= 4 is 10.0 Å². The molecule has 1 unspecified atom stereocenters. The third-order valence-electron chi connectivity index (χ3n) is 4.05. The number of hydrogen-bond acceptors (Lipinski definition) is 4. The van der Waals surface area contributed by atoms with Crippen molar-refractivity contribution in [1.29, 1.82) is 0 Å². The van der Waals surface area contributed by atoms with Gasteiger partial charge in [0.1, 0.15) is 4.90 Å². The molecule has 20 heavy (non-hydrogen) atoms. The molecule has 1 saturated carbocycles. The number of nitrogens with one attached hydrogen (secondary N) is 1. The Hall–Kier alpha value is -0.920. The molecule has 2 heterocycles. The third kappa shape index (κ3) is 2.89. The maximum atomic E-state index is 12.7. The summed E-state index contributed by atoms with van der Waals surface area (Å²) in [5.41, 5.74) is 0. The van der Waals surface area contributed by atoms with Crippen LogP contribution in [-0.2, 0) is 17.1 Å². The first kappa shape index (κ1) is 14.0. The molecule has 0 aromatic carbocycles. The van der Waals surface area contributed by atoms with Crippen molar-refractivity contribution in [3.8, 4) is 0 Å². The van der Waals surface area contributed by atoms with Crippen molar-refractivity contribution < 1.29 is 8.42 Å². The normalized spacial score (nSPS) is 24.2. The van der Waals surface area contributed by atoms with E-state index < -0.39 is 10.0 Å². The Kier molecular flexibility index (Phi) is 3.83. The van der Waals surface area contributed by atoms with Crippen LogP contribution >= 0.6 is 0 Å². The number of aromatic nitrogens is 2. The standard InChI is InChI=1S/C13H22N4O2S/c1-16-10-13(8-15-16)20(18,19)17(12-5-6-12)9-11-4-2-3-7-14-11/h8,10-12,14H,2-7,9H2,1H3. The molecule has 0 spiro atoms. The van der Waals surface area contributed by atoms with Crippen molar-refractivity contribution in [3.05, 3.63) is 12.4 Å². The van der Waals surface area contributed by atoms with Gasteiger partial charge in [-0.05, 0) is 32.2 Å². The fourth-order valence-electron chi connectivity index (χ4n) is 2.77. The summed E-state index contributed by atoms with van der Waals surface area (Å²) in [6.45, 7) is 1.58. The fourth-order valence-corrected chi connectivity index (χ4v) is 4.49. The molecule has 0 radical (unpaired) electrons. The second-order valence-corrected chi connectivity index (χ2v) is 7.69. The van der Waals surface area contributed by atoms with Crippen LogP contribution in [0.4, 0.5) is 0 Å². The van der Waals surface area contributed by atoms with E-state index in [9.17, 15) is 8.42 Å². The van der Waals surface area contributed by atoms with Gasteiger partial charge in [-0.15, -0.1) is 0 Å². The van der Waals surface area contributed by atoms with Gasteiger partial charge in [0.2, 0.25) is 10.0 Å². The third-order valence-corrected chi connectivity index (χ3v) is 5.93. The second-order valence-electron chi connectivity index (χ2n) is 5.80. The Bertz CT molecular complexity index is 559. The molecule has 1 atom stereocenters. The van der Waals surface area contributed by atoms with E-state index in [1.807, 2.05) is 0 Å². The minimum Gasteiger partial charge on any atom is -0.313 e. The lowest BCUT2D eigenvalue weighted by Crippen LogP contribution is -2.46. The van der Waals surface area contributed by atoms with Crippen LogP contribution in [-0.4, -0.2) is 47.7 Å². The summed E-state index contributed by atoms with van der Waals surface area (Å²) in [5, 5.41) is 7.42. The first-order valence-corrected chi connectivity index (χ1v) is 8.75. The van der Waals surface area contributed by atoms with Crippen molar-refractivity contribution in [2.24, 2.45) is 7.05 Å². The lowest BCUT2D eigenvalue weighted by Gasteiger charge is -2.29. The number of sulfonamides is 1. The number of aryl methyl sites for hydroxylation is 1. The molecule has 0 bridgehead atoms. The van der Waals surface area contributed by atoms with Gasteiger partial charge in [0, 0.05) is 31.9 Å². The average Bonchev–Trinajstić information content (AvgIpc) is 3.17. The summed E-state index contributed by atoms with van der Waals surface area (Å²) in [4.78, 5) is 0.308. The van der Waals surface area contributed by atoms with Gasteiger partial charge in [0.05, 0.1) is 6.20 Å². The van der Waals surface area contributed by atoms with Gasteiger partial charge in [-0.25, -0.2) is 8.42 Å². The van der Waals surface area contributed by atoms with Gasteiger partial charge in [-0.3, -0.25) is 4.68 Å². The zero-order chi connectivity index (χ0) is 14.2. The molecule has 6 nitrogen and oxygen atoms in total. The molecule has 1 N–H and O–H groups in total. The van der Waals surface area contributed by atoms with E-state index in [0.717, 1.165) is 25.8 Å². The van der Waals surface area contributed by atoms with Gasteiger partial charge in [-0.1, -0.05) is 6.42 Å². The lowest BCUT2D eigenvalue weighted by atomic mass is 10.1. The molecule has 1 aliphatic heterocycles. The molecule has 3 rings (SSSR count). The van der Waals surface area contributed by atoms with Crippen LogP contribution in [0.5, 0.6) is 0 Å². The Balaban J connectivity index is 1.79. The molecule has 7 heteroatoms. The van der Waals surface area contributed by atoms with Crippen molar-refractivity contribution in [3.63, 3.8) is 0 Å². The number of rotatable bonds is 5. The highest BCUT2D eigenvalue weighted by Gasteiger charge is 2.39. The second kappa shape index (κ2) is 5.46. The van der Waals surface area contributed by atoms with E-state index in [2.05, 4.69) is 10.4 Å². The maximum Gasteiger partial charge on any atom is 0.246 e. The van der Waals surface area contributed by atoms with E-state index in [4.69, 9.17) is 0 Å². The maximum absolute atomic E-state index is 12.7. The molecule has 1 aromatic heterocycles. The van der Waals surface area contributed by atoms with Gasteiger partial charge in [0.25, 0.3) is 0 Å². The summed E-state index contributed by atoms with van der Waals surface area (Å²) in [5.74, 6) is 0. The van der Waals surface area contributed by atoms with Gasteiger partial charge in [0.15, 0.2) is 0 Å². The van der Waals surface area contributed by atoms with Crippen LogP contribution in [0.2, 0.25) is 0 Å². The van der Waals surface area contributed by atoms with Crippen LogP contribution in [0.3, 0.4) is 0 Å². The Morgan fingerprint density at radius 2 is 2.20 bits per heavy atom. The molecule has 1 saturated heterocycles. The number of hydrogen-bond donors (Lipinski definition) is 1. The molecule has 1 aromatic rings. The van der Waals surface area contributed by atoms with Crippen LogP contribution in [0.15, 0.2) is 17.3 Å². The topological polar surface area (TPSA) is 67.2 Å². The molecule has 0 amide bonds. The van der Waals surface area contributed by atoms with Gasteiger partial charge >= 0.3 is 0 Å². The molecule has 2 fully saturated rings. The van der Waals surface area contributed by atoms with Gasteiger partial charge < -0.3 is 5.32 Å². The summed E-state index contributed by atoms with van der Waals surface area (Å²) in [6.07, 6.45) is 8.42. The highest BCUT2D eigenvalue weighted by Crippen LogP contribution is 2.32. The van der Waals surface area contributed by atoms with Crippen molar-refractivity contribution in [1.82, 2.24) is 19.4 Å². The molecule has 2 aliphatic rings. The Morgan fingerprint density at radius 1 is 1.40 bits per heavy atom. The minimum absolute atomic E-state index is 0.184. The highest BCUT2D eigenvalue weighted by molar-refractivity contribution is 7.89. The van der Waals surface area contributed by atoms with Crippen molar-refractivity contribution in [2.75, 3.05) is 13.1 Å². The smallest absolute Gasteiger partial charge is 0.246 e. The summed E-state index contributed by atoms with van der Waals surface area (Å²) < 4.78 is 28.7. The van der Waals surface area contributed by atoms with E-state index in [0.29, 0.717) is 11.4 Å². The monoisotopic (exact) mass is 298 g/mol. The quantitative estimate of drug-likeness (QED) is 0.869. The highest BCUT2D eigenvalue weighted by atomic mass is 32.2. The van der Waals surface area contributed by atoms with Crippen LogP contribution in [0.1, 0.15) is 32.1 Å². The molecular weight excluding hydrogens is 276 g/mol. The van der Waals surface area contributed by atoms with Crippen molar-refractivity contribution in [2.45, 2.75) is 49.1 Å². The largest absolute Gasteiger partial charge is 0.313 e. The van der Waals surface area contributed by atoms with Crippen LogP contribution in [0.25, 0.3) is 0 Å². The molecular formula is C13H22N4O2S. The predicted octanol–water partition coefficient (Wildman–Crippen LogP) is 0.715. The van der Waals surface area contributed by atoms with Crippen LogP contribution < -0.4 is 5.32 Å². The lowest BCUT2D eigenvalue weighted by molar-refractivity contribution is 0.307. The summed E-state index contributed by atoms with van der Waals surface area (Å²) in [6, 6.07) is 0.472. The zero-order valence-electron chi connectivity index (χ0n) is 11.8. The average molecular weight is 298 g/mol. The van der Waals surface area contributed by atoms with Gasteiger partial charge in [-0.2, -0.15) is 9.40 Å². The van der Waals surface area contributed by atoms with E-state index >= 15 is 0 Å². The number of nitrogens with zero attached hydrogens (tertiary/aromatic N) is 3. The molecule has 1 aliphatic carbocycles. The SMILES string of the molecule is Cn1cc(S(=O)(=O)N(CC2CCCCN2)C2CC2)cn1. The fraction of sp³-hybridized carbons (Fsp3) is 0.769. The minimum atomic E-state index is -3.41. The van der Waals surface area contributed by atoms with E-state index in [-0.39, 0.29) is 12.1 Å². The van der Waals surface area contributed by atoms with Crippen LogP contribution in [0, 0.1) is 0 Å². The zero-order valence-corrected chi connectivity index (χ0v) is 12.6. The first-order valence-electron chi connectivity index (χ1n) is 7.31. The molecule has 112 valence electrons. The Morgan fingerprint density at radius 3 is 2.75 bits per heavy atom. The van der Waals surface area contributed by atoms with E-state index in [1.54, 1.807) is 17.5 Å². The Labute approximate surface area is 120 Å². The van der Waals surface area contributed by atoms with E-state index in [1.165, 1.54) is 23.7 Å². The summed E-state index contributed by atoms with van der Waals surface area (Å²) >= 11 is 0. The first-order chi connectivity index (χ1) is 9.57. The number of piperidine rings is 1. The summed E-state index contributed by atoms with van der Waals surface area (Å²) in [7, 11) is -1.67. The predicted molar refractivity (Wildman–Crippen MR) is 75.8 cm³/mol.